The minimum absolute atomic E-state index is 0.199. The Bertz CT molecular complexity index is 266. The Kier molecular flexibility index (Phi) is 1.29. The van der Waals surface area contributed by atoms with Crippen LogP contribution in [0.3, 0.4) is 0 Å². The molecular weight excluding hydrogens is 126 g/mol. The molecule has 0 aliphatic rings. The quantitative estimate of drug-likeness (QED) is 0.480. The molecule has 1 aromatic rings. The fourth-order valence-corrected chi connectivity index (χ4v) is 0.820. The summed E-state index contributed by atoms with van der Waals surface area (Å²) in [5, 5.41) is 0. The summed E-state index contributed by atoms with van der Waals surface area (Å²) in [6, 6.07) is 0. The maximum absolute atomic E-state index is 10.3. The molecule has 8 heavy (non-hydrogen) atoms. The lowest BCUT2D eigenvalue weighted by Crippen LogP contribution is -2.07. The third-order valence-corrected chi connectivity index (χ3v) is 1.43. The fraction of sp³-hybridized carbons (Fsp3) is 0.333. The van der Waals surface area contributed by atoms with Crippen LogP contribution in [0.15, 0.2) is 9.79 Å². The molecular formula is C3H5N3OS. The first-order valence-electron chi connectivity index (χ1n) is 2.03. The molecule has 0 saturated heterocycles. The van der Waals surface area contributed by atoms with Crippen molar-refractivity contribution in [3.63, 3.8) is 0 Å². The highest BCUT2D eigenvalue weighted by atomic mass is 32.1. The number of hydrogen-bond donors (Lipinski definition) is 2. The molecule has 4 nitrogen and oxygen atoms in total. The van der Waals surface area contributed by atoms with E-state index in [1.54, 1.807) is 7.05 Å². The van der Waals surface area contributed by atoms with E-state index < -0.39 is 0 Å². The van der Waals surface area contributed by atoms with Crippen LogP contribution in [0.2, 0.25) is 0 Å². The molecule has 1 heterocycles. The summed E-state index contributed by atoms with van der Waals surface area (Å²) in [7, 11) is 1.62. The van der Waals surface area contributed by atoms with Crippen molar-refractivity contribution < 1.29 is 0 Å². The van der Waals surface area contributed by atoms with Gasteiger partial charge >= 0.3 is 5.69 Å². The summed E-state index contributed by atoms with van der Waals surface area (Å²) in [4.78, 5) is 17.1. The van der Waals surface area contributed by atoms with Gasteiger partial charge in [-0.3, -0.25) is 14.3 Å². The lowest BCUT2D eigenvalue weighted by Gasteiger charge is -1.62. The van der Waals surface area contributed by atoms with Crippen LogP contribution >= 0.6 is 11.5 Å². The molecule has 0 bridgehead atoms. The van der Waals surface area contributed by atoms with Crippen LogP contribution in [-0.2, 0) is 0 Å². The topological polar surface area (TPSA) is 61.0 Å². The highest BCUT2D eigenvalue weighted by molar-refractivity contribution is 7.02. The van der Waals surface area contributed by atoms with E-state index in [0.717, 1.165) is 0 Å². The first-order chi connectivity index (χ1) is 3.83. The zero-order chi connectivity index (χ0) is 5.98. The predicted molar refractivity (Wildman–Crippen MR) is 30.8 cm³/mol. The summed E-state index contributed by atoms with van der Waals surface area (Å²) >= 11 is 1.19. The van der Waals surface area contributed by atoms with Gasteiger partial charge in [-0.1, -0.05) is 0 Å². The third kappa shape index (κ3) is 0.865. The van der Waals surface area contributed by atoms with Crippen molar-refractivity contribution >= 4 is 11.5 Å². The Hall–Kier alpha value is -0.840. The van der Waals surface area contributed by atoms with E-state index in [1.807, 2.05) is 0 Å². The lowest BCUT2D eigenvalue weighted by molar-refractivity contribution is 1.12. The molecule has 0 saturated carbocycles. The zero-order valence-corrected chi connectivity index (χ0v) is 5.08. The van der Waals surface area contributed by atoms with Crippen LogP contribution < -0.4 is 10.5 Å². The summed E-state index contributed by atoms with van der Waals surface area (Å²) in [6.45, 7) is 0. The van der Waals surface area contributed by atoms with E-state index in [4.69, 9.17) is 0 Å². The molecule has 0 amide bonds. The van der Waals surface area contributed by atoms with Gasteiger partial charge in [0, 0.05) is 7.05 Å². The second-order valence-corrected chi connectivity index (χ2v) is 1.98. The minimum atomic E-state index is -0.199. The fourth-order valence-electron chi connectivity index (χ4n) is 0.344. The summed E-state index contributed by atoms with van der Waals surface area (Å²) in [6.07, 6.45) is 0. The standard InChI is InChI=1S/C3H5N3OS/c1-4-3-5-2(7)6-8-3/h1H3,(H2,4,5,6,7). The Labute approximate surface area is 49.1 Å². The van der Waals surface area contributed by atoms with Crippen molar-refractivity contribution in [3.05, 3.63) is 15.3 Å². The Morgan fingerprint density at radius 3 is 2.75 bits per heavy atom. The van der Waals surface area contributed by atoms with E-state index in [0.29, 0.717) is 4.80 Å². The van der Waals surface area contributed by atoms with E-state index in [-0.39, 0.29) is 5.69 Å². The van der Waals surface area contributed by atoms with Crippen LogP contribution in [0.5, 0.6) is 0 Å². The molecule has 44 valence electrons. The van der Waals surface area contributed by atoms with Crippen LogP contribution in [-0.4, -0.2) is 16.4 Å². The van der Waals surface area contributed by atoms with E-state index in [9.17, 15) is 4.79 Å². The molecule has 0 fully saturated rings. The van der Waals surface area contributed by atoms with Gasteiger partial charge in [-0.05, 0) is 11.5 Å². The van der Waals surface area contributed by atoms with Gasteiger partial charge in [-0.2, -0.15) is 0 Å². The molecule has 1 rings (SSSR count). The predicted octanol–water partition coefficient (Wildman–Crippen LogP) is -0.705. The first-order valence-corrected chi connectivity index (χ1v) is 2.85. The molecule has 0 spiro atoms. The normalized spacial score (nSPS) is 12.4. The van der Waals surface area contributed by atoms with Gasteiger partial charge in [0.1, 0.15) is 0 Å². The van der Waals surface area contributed by atoms with Crippen molar-refractivity contribution in [2.75, 3.05) is 7.05 Å². The molecule has 0 aliphatic heterocycles. The number of aromatic amines is 2. The Morgan fingerprint density at radius 2 is 2.50 bits per heavy atom. The molecule has 0 unspecified atom stereocenters. The van der Waals surface area contributed by atoms with Crippen molar-refractivity contribution in [2.45, 2.75) is 0 Å². The number of aromatic nitrogens is 2. The monoisotopic (exact) mass is 131 g/mol. The van der Waals surface area contributed by atoms with Crippen molar-refractivity contribution in [2.24, 2.45) is 4.99 Å². The SMILES string of the molecule is C/N=c1/[nH]c(=O)[nH]s1. The van der Waals surface area contributed by atoms with Crippen LogP contribution in [0, 0.1) is 0 Å². The number of hydrogen-bond acceptors (Lipinski definition) is 3. The van der Waals surface area contributed by atoms with Gasteiger partial charge < -0.3 is 0 Å². The first kappa shape index (κ1) is 5.30. The Balaban J connectivity index is 3.41. The van der Waals surface area contributed by atoms with Crippen LogP contribution in [0.25, 0.3) is 0 Å². The number of nitrogens with one attached hydrogen (secondary N) is 2. The lowest BCUT2D eigenvalue weighted by atomic mass is 11.2. The van der Waals surface area contributed by atoms with Gasteiger partial charge in [0.2, 0.25) is 4.80 Å². The van der Waals surface area contributed by atoms with Gasteiger partial charge in [-0.15, -0.1) is 0 Å². The molecule has 0 radical (unpaired) electrons. The van der Waals surface area contributed by atoms with E-state index >= 15 is 0 Å². The van der Waals surface area contributed by atoms with Crippen LogP contribution in [0.1, 0.15) is 0 Å². The van der Waals surface area contributed by atoms with Crippen LogP contribution in [0.4, 0.5) is 0 Å². The summed E-state index contributed by atoms with van der Waals surface area (Å²) in [5.41, 5.74) is -0.199. The highest BCUT2D eigenvalue weighted by Crippen LogP contribution is 1.62. The summed E-state index contributed by atoms with van der Waals surface area (Å²) in [5.74, 6) is 0. The minimum Gasteiger partial charge on any atom is -0.282 e. The maximum atomic E-state index is 10.3. The number of rotatable bonds is 0. The zero-order valence-electron chi connectivity index (χ0n) is 4.26. The molecule has 1 aromatic heterocycles. The van der Waals surface area contributed by atoms with E-state index in [2.05, 4.69) is 14.3 Å². The molecule has 0 aliphatic carbocycles. The maximum Gasteiger partial charge on any atom is 0.334 e. The second kappa shape index (κ2) is 1.95. The largest absolute Gasteiger partial charge is 0.334 e. The van der Waals surface area contributed by atoms with Gasteiger partial charge in [0.25, 0.3) is 0 Å². The number of H-pyrrole nitrogens is 2. The average Bonchev–Trinajstić information content (AvgIpc) is 2.14. The molecule has 2 N–H and O–H groups in total. The van der Waals surface area contributed by atoms with Crippen molar-refractivity contribution in [1.29, 1.82) is 0 Å². The third-order valence-electron chi connectivity index (χ3n) is 0.664. The Morgan fingerprint density at radius 1 is 1.75 bits per heavy atom. The van der Waals surface area contributed by atoms with Gasteiger partial charge in [0.05, 0.1) is 0 Å². The molecule has 0 atom stereocenters. The molecule has 0 aromatic carbocycles. The van der Waals surface area contributed by atoms with Gasteiger partial charge in [0.15, 0.2) is 0 Å². The smallest absolute Gasteiger partial charge is 0.282 e. The summed E-state index contributed by atoms with van der Waals surface area (Å²) < 4.78 is 2.46. The average molecular weight is 131 g/mol. The van der Waals surface area contributed by atoms with Gasteiger partial charge in [-0.25, -0.2) is 4.79 Å². The second-order valence-electron chi connectivity index (χ2n) is 1.19. The van der Waals surface area contributed by atoms with Crippen molar-refractivity contribution in [3.8, 4) is 0 Å². The van der Waals surface area contributed by atoms with E-state index in [1.165, 1.54) is 11.5 Å². The molecule has 5 heteroatoms. The highest BCUT2D eigenvalue weighted by Gasteiger charge is 1.80. The number of nitrogens with zero attached hydrogens (tertiary/aromatic N) is 1. The van der Waals surface area contributed by atoms with Crippen molar-refractivity contribution in [1.82, 2.24) is 9.36 Å².